The van der Waals surface area contributed by atoms with Crippen molar-refractivity contribution in [2.45, 2.75) is 18.6 Å². The van der Waals surface area contributed by atoms with Crippen LogP contribution >= 0.6 is 22.9 Å². The topological polar surface area (TPSA) is 38.8 Å². The van der Waals surface area contributed by atoms with Gasteiger partial charge in [0.1, 0.15) is 10.7 Å². The minimum atomic E-state index is -0.510. The summed E-state index contributed by atoms with van der Waals surface area (Å²) in [4.78, 5) is 15.0. The largest absolute Gasteiger partial charge is 0.347 e. The number of rotatable bonds is 1. The average molecular weight is 356 g/mol. The Morgan fingerprint density at radius 3 is 2.65 bits per heavy atom. The van der Waals surface area contributed by atoms with Gasteiger partial charge in [-0.3, -0.25) is 4.79 Å². The second-order valence-corrected chi connectivity index (χ2v) is 7.22. The molecule has 0 N–H and O–H groups in total. The van der Waals surface area contributed by atoms with E-state index in [1.54, 1.807) is 11.0 Å². The molecule has 2 aromatic rings. The summed E-state index contributed by atoms with van der Waals surface area (Å²) in [6.07, 6.45) is 1.33. The lowest BCUT2D eigenvalue weighted by Crippen LogP contribution is -2.47. The van der Waals surface area contributed by atoms with Crippen molar-refractivity contribution in [3.8, 4) is 0 Å². The van der Waals surface area contributed by atoms with Crippen LogP contribution in [0, 0.1) is 5.82 Å². The number of ether oxygens (including phenoxy) is 2. The van der Waals surface area contributed by atoms with E-state index in [1.165, 1.54) is 23.5 Å². The molecule has 3 heterocycles. The van der Waals surface area contributed by atoms with Gasteiger partial charge in [0.2, 0.25) is 0 Å². The van der Waals surface area contributed by atoms with Gasteiger partial charge in [0, 0.05) is 36.0 Å². The summed E-state index contributed by atoms with van der Waals surface area (Å²) in [6.45, 7) is 2.36. The van der Waals surface area contributed by atoms with E-state index in [2.05, 4.69) is 0 Å². The molecule has 1 amide bonds. The molecule has 23 heavy (non-hydrogen) atoms. The summed E-state index contributed by atoms with van der Waals surface area (Å²) >= 11 is 7.57. The van der Waals surface area contributed by atoms with Gasteiger partial charge in [-0.15, -0.1) is 11.3 Å². The number of hydrogen-bond donors (Lipinski definition) is 0. The Kier molecular flexibility index (Phi) is 3.80. The van der Waals surface area contributed by atoms with Gasteiger partial charge in [-0.25, -0.2) is 4.39 Å². The SMILES string of the molecule is O=C(c1sc2cc(F)ccc2c1Cl)N1CCC2(CC1)OCCO2. The fraction of sp³-hybridized carbons (Fsp3) is 0.438. The molecule has 7 heteroatoms. The zero-order valence-electron chi connectivity index (χ0n) is 12.3. The minimum absolute atomic E-state index is 0.107. The number of benzene rings is 1. The van der Waals surface area contributed by atoms with Crippen LogP contribution in [0.25, 0.3) is 10.1 Å². The van der Waals surface area contributed by atoms with Crippen LogP contribution in [-0.2, 0) is 9.47 Å². The number of halogens is 2. The Labute approximate surface area is 141 Å². The van der Waals surface area contributed by atoms with E-state index in [1.807, 2.05) is 0 Å². The van der Waals surface area contributed by atoms with Crippen LogP contribution in [-0.4, -0.2) is 42.9 Å². The molecule has 2 aliphatic heterocycles. The second kappa shape index (κ2) is 5.70. The average Bonchev–Trinajstić information content (AvgIpc) is 3.13. The van der Waals surface area contributed by atoms with Gasteiger partial charge in [0.15, 0.2) is 5.79 Å². The van der Waals surface area contributed by atoms with E-state index < -0.39 is 5.79 Å². The van der Waals surface area contributed by atoms with Crippen LogP contribution in [0.15, 0.2) is 18.2 Å². The van der Waals surface area contributed by atoms with Crippen LogP contribution in [0.1, 0.15) is 22.5 Å². The third kappa shape index (κ3) is 2.63. The van der Waals surface area contributed by atoms with Crippen molar-refractivity contribution in [2.75, 3.05) is 26.3 Å². The Morgan fingerprint density at radius 2 is 1.96 bits per heavy atom. The number of amides is 1. The molecule has 2 fully saturated rings. The first-order chi connectivity index (χ1) is 11.1. The molecule has 0 saturated carbocycles. The molecule has 0 unspecified atom stereocenters. The molecule has 2 aliphatic rings. The molecular formula is C16H15ClFNO3S. The molecule has 0 radical (unpaired) electrons. The summed E-state index contributed by atoms with van der Waals surface area (Å²) in [5, 5.41) is 1.13. The third-order valence-electron chi connectivity index (χ3n) is 4.41. The van der Waals surface area contributed by atoms with E-state index >= 15 is 0 Å². The van der Waals surface area contributed by atoms with Gasteiger partial charge in [0.25, 0.3) is 5.91 Å². The van der Waals surface area contributed by atoms with Crippen molar-refractivity contribution >= 4 is 38.9 Å². The van der Waals surface area contributed by atoms with Crippen molar-refractivity contribution in [1.82, 2.24) is 4.90 Å². The lowest BCUT2D eigenvalue weighted by Gasteiger charge is -2.37. The molecule has 122 valence electrons. The second-order valence-electron chi connectivity index (χ2n) is 5.79. The molecule has 0 bridgehead atoms. The minimum Gasteiger partial charge on any atom is -0.347 e. The molecule has 1 aromatic heterocycles. The normalized spacial score (nSPS) is 20.5. The number of carbonyl (C=O) groups excluding carboxylic acids is 1. The lowest BCUT2D eigenvalue weighted by atomic mass is 10.0. The summed E-state index contributed by atoms with van der Waals surface area (Å²) in [7, 11) is 0. The summed E-state index contributed by atoms with van der Waals surface area (Å²) in [6, 6.07) is 4.38. The first-order valence-electron chi connectivity index (χ1n) is 7.53. The number of piperidine rings is 1. The first-order valence-corrected chi connectivity index (χ1v) is 8.72. The first kappa shape index (κ1) is 15.3. The summed E-state index contributed by atoms with van der Waals surface area (Å²) in [5.41, 5.74) is 0. The van der Waals surface area contributed by atoms with E-state index in [9.17, 15) is 9.18 Å². The standard InChI is InChI=1S/C16H15ClFNO3S/c17-13-11-2-1-10(18)9-12(11)23-14(13)15(20)19-5-3-16(4-6-19)21-7-8-22-16/h1-2,9H,3-8H2. The maximum absolute atomic E-state index is 13.3. The van der Waals surface area contributed by atoms with Crippen molar-refractivity contribution in [3.05, 3.63) is 33.9 Å². The fourth-order valence-corrected chi connectivity index (χ4v) is 4.66. The molecule has 4 nitrogen and oxygen atoms in total. The quantitative estimate of drug-likeness (QED) is 0.783. The molecule has 1 spiro atoms. The fourth-order valence-electron chi connectivity index (χ4n) is 3.16. The summed E-state index contributed by atoms with van der Waals surface area (Å²) < 4.78 is 25.4. The van der Waals surface area contributed by atoms with E-state index in [4.69, 9.17) is 21.1 Å². The van der Waals surface area contributed by atoms with Gasteiger partial charge < -0.3 is 14.4 Å². The number of nitrogens with zero attached hydrogens (tertiary/aromatic N) is 1. The van der Waals surface area contributed by atoms with Crippen LogP contribution in [0.5, 0.6) is 0 Å². The predicted molar refractivity (Wildman–Crippen MR) is 86.6 cm³/mol. The van der Waals surface area contributed by atoms with E-state index in [0.717, 1.165) is 5.39 Å². The van der Waals surface area contributed by atoms with Gasteiger partial charge in [-0.1, -0.05) is 11.6 Å². The highest BCUT2D eigenvalue weighted by Crippen LogP contribution is 2.38. The van der Waals surface area contributed by atoms with Crippen molar-refractivity contribution in [2.24, 2.45) is 0 Å². The number of hydrogen-bond acceptors (Lipinski definition) is 4. The van der Waals surface area contributed by atoms with Crippen LogP contribution in [0.4, 0.5) is 4.39 Å². The number of carbonyl (C=O) groups is 1. The monoisotopic (exact) mass is 355 g/mol. The zero-order valence-corrected chi connectivity index (χ0v) is 13.9. The van der Waals surface area contributed by atoms with E-state index in [-0.39, 0.29) is 11.7 Å². The highest BCUT2D eigenvalue weighted by molar-refractivity contribution is 7.21. The maximum Gasteiger partial charge on any atom is 0.265 e. The lowest BCUT2D eigenvalue weighted by molar-refractivity contribution is -0.181. The predicted octanol–water partition coefficient (Wildman–Crippen LogP) is 3.67. The Bertz CT molecular complexity index is 762. The zero-order chi connectivity index (χ0) is 16.0. The Hall–Kier alpha value is -1.21. The summed E-state index contributed by atoms with van der Waals surface area (Å²) in [5.74, 6) is -0.946. The number of fused-ring (bicyclic) bond motifs is 1. The van der Waals surface area contributed by atoms with Gasteiger partial charge >= 0.3 is 0 Å². The Morgan fingerprint density at radius 1 is 1.26 bits per heavy atom. The van der Waals surface area contributed by atoms with Gasteiger partial charge in [-0.05, 0) is 18.2 Å². The molecular weight excluding hydrogens is 341 g/mol. The van der Waals surface area contributed by atoms with E-state index in [0.29, 0.717) is 53.7 Å². The molecule has 2 saturated heterocycles. The van der Waals surface area contributed by atoms with Crippen molar-refractivity contribution in [3.63, 3.8) is 0 Å². The van der Waals surface area contributed by atoms with Crippen LogP contribution < -0.4 is 0 Å². The van der Waals surface area contributed by atoms with Crippen LogP contribution in [0.2, 0.25) is 5.02 Å². The molecule has 4 rings (SSSR count). The number of thiophene rings is 1. The highest BCUT2D eigenvalue weighted by Gasteiger charge is 2.41. The van der Waals surface area contributed by atoms with Crippen LogP contribution in [0.3, 0.4) is 0 Å². The highest BCUT2D eigenvalue weighted by atomic mass is 35.5. The van der Waals surface area contributed by atoms with Crippen molar-refractivity contribution < 1.29 is 18.7 Å². The smallest absolute Gasteiger partial charge is 0.265 e. The molecule has 0 atom stereocenters. The molecule has 1 aromatic carbocycles. The molecule has 0 aliphatic carbocycles. The van der Waals surface area contributed by atoms with Gasteiger partial charge in [-0.2, -0.15) is 0 Å². The Balaban J connectivity index is 1.56. The maximum atomic E-state index is 13.3. The third-order valence-corrected chi connectivity index (χ3v) is 6.06. The number of likely N-dealkylation sites (tertiary alicyclic amines) is 1. The van der Waals surface area contributed by atoms with Gasteiger partial charge in [0.05, 0.1) is 18.2 Å². The van der Waals surface area contributed by atoms with Crippen molar-refractivity contribution in [1.29, 1.82) is 0 Å².